The largest absolute Gasteiger partial charge is 0.619 e. The van der Waals surface area contributed by atoms with Crippen LogP contribution in [0.4, 0.5) is 13.2 Å². The molecule has 2 aliphatic rings. The van der Waals surface area contributed by atoms with E-state index in [2.05, 4.69) is 0 Å². The highest BCUT2D eigenvalue weighted by molar-refractivity contribution is 5.79. The van der Waals surface area contributed by atoms with E-state index in [1.54, 1.807) is 13.8 Å². The molecule has 1 heterocycles. The lowest BCUT2D eigenvalue weighted by molar-refractivity contribution is -0.389. The molecule has 0 spiro atoms. The molecule has 3 atom stereocenters. The summed E-state index contributed by atoms with van der Waals surface area (Å²) in [6, 6.07) is 0. The molecule has 0 radical (unpaired) electrons. The van der Waals surface area contributed by atoms with Crippen molar-refractivity contribution in [1.82, 2.24) is 0 Å². The first-order chi connectivity index (χ1) is 9.49. The van der Waals surface area contributed by atoms with Crippen molar-refractivity contribution in [3.8, 4) is 0 Å². The highest BCUT2D eigenvalue weighted by Gasteiger charge is 2.61. The van der Waals surface area contributed by atoms with Crippen LogP contribution in [0.3, 0.4) is 0 Å². The number of halogens is 3. The molecule has 0 aromatic carbocycles. The third kappa shape index (κ3) is 2.70. The standard InChI is InChI=1S/C15H22F3NO2/c1-10-8-14(15(16,17)18,6-7-19(10)21)11-4-5-12(20)13(2,3)9-11/h6-7,11-12,20H,4-5,8-9H2,1-3H3/t11-,12+,14?/m1/s1. The number of hydroxylamine groups is 1. The van der Waals surface area contributed by atoms with Gasteiger partial charge in [-0.15, -0.1) is 0 Å². The van der Waals surface area contributed by atoms with Crippen molar-refractivity contribution < 1.29 is 23.0 Å². The quantitative estimate of drug-likeness (QED) is 0.594. The zero-order valence-electron chi connectivity index (χ0n) is 12.6. The lowest BCUT2D eigenvalue weighted by Gasteiger charge is -2.48. The molecule has 6 heteroatoms. The number of hydrogen-bond acceptors (Lipinski definition) is 2. The van der Waals surface area contributed by atoms with Gasteiger partial charge in [0.25, 0.3) is 0 Å². The van der Waals surface area contributed by atoms with Crippen molar-refractivity contribution >= 4 is 5.71 Å². The van der Waals surface area contributed by atoms with Crippen LogP contribution in [0.1, 0.15) is 46.5 Å². The Balaban J connectivity index is 2.38. The van der Waals surface area contributed by atoms with E-state index in [0.29, 0.717) is 24.0 Å². The van der Waals surface area contributed by atoms with E-state index < -0.39 is 29.0 Å². The maximum absolute atomic E-state index is 13.8. The minimum Gasteiger partial charge on any atom is -0.619 e. The van der Waals surface area contributed by atoms with Crippen LogP contribution in [0.5, 0.6) is 0 Å². The predicted molar refractivity (Wildman–Crippen MR) is 73.7 cm³/mol. The van der Waals surface area contributed by atoms with Gasteiger partial charge in [0, 0.05) is 13.3 Å². The van der Waals surface area contributed by atoms with E-state index in [1.807, 2.05) is 0 Å². The van der Waals surface area contributed by atoms with E-state index in [4.69, 9.17) is 0 Å². The van der Waals surface area contributed by atoms with Crippen molar-refractivity contribution in [2.75, 3.05) is 0 Å². The molecule has 1 aliphatic carbocycles. The van der Waals surface area contributed by atoms with Gasteiger partial charge in [-0.05, 0) is 36.7 Å². The molecule has 1 unspecified atom stereocenters. The van der Waals surface area contributed by atoms with Crippen molar-refractivity contribution in [1.29, 1.82) is 0 Å². The summed E-state index contributed by atoms with van der Waals surface area (Å²) in [6.07, 6.45) is -2.28. The first kappa shape index (κ1) is 16.3. The molecule has 1 N–H and O–H groups in total. The number of alkyl halides is 3. The van der Waals surface area contributed by atoms with Crippen LogP contribution < -0.4 is 0 Å². The third-order valence-electron chi connectivity index (χ3n) is 5.15. The Morgan fingerprint density at radius 1 is 1.33 bits per heavy atom. The molecule has 0 bridgehead atoms. The Kier molecular flexibility index (Phi) is 3.89. The zero-order chi connectivity index (χ0) is 16.1. The maximum Gasteiger partial charge on any atom is 0.398 e. The topological polar surface area (TPSA) is 46.3 Å². The van der Waals surface area contributed by atoms with Crippen molar-refractivity contribution in [3.63, 3.8) is 0 Å². The average molecular weight is 305 g/mol. The molecule has 0 amide bonds. The summed E-state index contributed by atoms with van der Waals surface area (Å²) < 4.78 is 41.9. The molecule has 1 saturated carbocycles. The molecule has 3 nitrogen and oxygen atoms in total. The van der Waals surface area contributed by atoms with Crippen molar-refractivity contribution in [3.05, 3.63) is 17.5 Å². The Bertz CT molecular complexity index is 482. The number of rotatable bonds is 1. The Labute approximate surface area is 122 Å². The summed E-state index contributed by atoms with van der Waals surface area (Å²) in [4.78, 5) is 0. The van der Waals surface area contributed by atoms with Gasteiger partial charge in [-0.25, -0.2) is 0 Å². The molecule has 0 aromatic heterocycles. The van der Waals surface area contributed by atoms with Crippen LogP contribution in [-0.2, 0) is 0 Å². The van der Waals surface area contributed by atoms with E-state index in [9.17, 15) is 23.5 Å². The monoisotopic (exact) mass is 305 g/mol. The van der Waals surface area contributed by atoms with Crippen LogP contribution >= 0.6 is 0 Å². The molecule has 0 aromatic rings. The van der Waals surface area contributed by atoms with Gasteiger partial charge in [0.2, 0.25) is 0 Å². The van der Waals surface area contributed by atoms with E-state index in [-0.39, 0.29) is 12.1 Å². The fraction of sp³-hybridized carbons (Fsp3) is 0.800. The van der Waals surface area contributed by atoms with Gasteiger partial charge in [0.1, 0.15) is 5.41 Å². The Morgan fingerprint density at radius 2 is 1.95 bits per heavy atom. The molecule has 1 fully saturated rings. The van der Waals surface area contributed by atoms with Crippen molar-refractivity contribution in [2.45, 2.75) is 58.7 Å². The molecular weight excluding hydrogens is 283 g/mol. The molecule has 120 valence electrons. The van der Waals surface area contributed by atoms with Gasteiger partial charge < -0.3 is 10.3 Å². The fourth-order valence-corrected chi connectivity index (χ4v) is 3.66. The van der Waals surface area contributed by atoms with Crippen LogP contribution in [0.15, 0.2) is 12.3 Å². The minimum absolute atomic E-state index is 0.179. The summed E-state index contributed by atoms with van der Waals surface area (Å²) in [5.74, 6) is -0.615. The summed E-state index contributed by atoms with van der Waals surface area (Å²) in [6.45, 7) is 5.05. The predicted octanol–water partition coefficient (Wildman–Crippen LogP) is 3.61. The normalized spacial score (nSPS) is 36.9. The van der Waals surface area contributed by atoms with Crippen molar-refractivity contribution in [2.24, 2.45) is 16.7 Å². The second kappa shape index (κ2) is 5.00. The number of hydrogen-bond donors (Lipinski definition) is 1. The van der Waals surface area contributed by atoms with Gasteiger partial charge in [0.15, 0.2) is 11.9 Å². The van der Waals surface area contributed by atoms with Gasteiger partial charge in [-0.3, -0.25) is 0 Å². The van der Waals surface area contributed by atoms with Gasteiger partial charge in [0.05, 0.1) is 6.10 Å². The third-order valence-corrected chi connectivity index (χ3v) is 5.15. The molecule has 2 rings (SSSR count). The Hall–Kier alpha value is -1.04. The minimum atomic E-state index is -4.41. The molecular formula is C15H22F3NO2. The highest BCUT2D eigenvalue weighted by Crippen LogP contribution is 2.56. The van der Waals surface area contributed by atoms with E-state index in [1.165, 1.54) is 6.92 Å². The highest BCUT2D eigenvalue weighted by atomic mass is 19.4. The smallest absolute Gasteiger partial charge is 0.398 e. The maximum atomic E-state index is 13.8. The van der Waals surface area contributed by atoms with Crippen LogP contribution in [0.25, 0.3) is 0 Å². The number of aliphatic hydroxyl groups is 1. The number of nitrogens with zero attached hydrogens (tertiary/aromatic N) is 1. The second-order valence-electron chi connectivity index (χ2n) is 7.07. The van der Waals surface area contributed by atoms with E-state index in [0.717, 1.165) is 12.3 Å². The zero-order valence-corrected chi connectivity index (χ0v) is 12.6. The summed E-state index contributed by atoms with van der Waals surface area (Å²) in [5.41, 5.74) is -2.36. The first-order valence-corrected chi connectivity index (χ1v) is 7.22. The lowest BCUT2D eigenvalue weighted by Crippen LogP contribution is -2.51. The molecule has 21 heavy (non-hydrogen) atoms. The van der Waals surface area contributed by atoms with Crippen LogP contribution in [0, 0.1) is 22.0 Å². The van der Waals surface area contributed by atoms with Crippen LogP contribution in [-0.4, -0.2) is 27.8 Å². The average Bonchev–Trinajstić information content (AvgIpc) is 2.34. The van der Waals surface area contributed by atoms with Gasteiger partial charge in [-0.2, -0.15) is 17.9 Å². The summed E-state index contributed by atoms with van der Waals surface area (Å²) >= 11 is 0. The second-order valence-corrected chi connectivity index (χ2v) is 7.07. The SMILES string of the molecule is CC1=[N+]([O-])C=CC([C@@H]2CC[C@H](O)C(C)(C)C2)(C(F)(F)F)C1. The lowest BCUT2D eigenvalue weighted by atomic mass is 9.59. The molecule has 0 saturated heterocycles. The van der Waals surface area contributed by atoms with Gasteiger partial charge >= 0.3 is 6.18 Å². The van der Waals surface area contributed by atoms with Gasteiger partial charge in [-0.1, -0.05) is 13.8 Å². The molecule has 1 aliphatic heterocycles. The summed E-state index contributed by atoms with van der Waals surface area (Å²) in [7, 11) is 0. The first-order valence-electron chi connectivity index (χ1n) is 7.22. The fourth-order valence-electron chi connectivity index (χ4n) is 3.66. The Morgan fingerprint density at radius 3 is 2.43 bits per heavy atom. The number of aliphatic hydroxyl groups excluding tert-OH is 1. The van der Waals surface area contributed by atoms with E-state index >= 15 is 0 Å². The van der Waals surface area contributed by atoms with Crippen LogP contribution in [0.2, 0.25) is 0 Å². The number of allylic oxidation sites excluding steroid dienone is 1. The summed E-state index contributed by atoms with van der Waals surface area (Å²) in [5, 5.41) is 21.4.